The van der Waals surface area contributed by atoms with E-state index in [1.807, 2.05) is 30.3 Å². The lowest BCUT2D eigenvalue weighted by molar-refractivity contribution is -0.149. The van der Waals surface area contributed by atoms with Crippen LogP contribution < -0.4 is 0 Å². The predicted molar refractivity (Wildman–Crippen MR) is 117 cm³/mol. The van der Waals surface area contributed by atoms with Gasteiger partial charge in [0.1, 0.15) is 22.8 Å². The van der Waals surface area contributed by atoms with Crippen molar-refractivity contribution in [3.05, 3.63) is 47.3 Å². The molecule has 1 aromatic carbocycles. The van der Waals surface area contributed by atoms with Crippen molar-refractivity contribution in [2.45, 2.75) is 64.3 Å². The molecule has 5 heteroatoms. The summed E-state index contributed by atoms with van der Waals surface area (Å²) < 4.78 is 5.48. The van der Waals surface area contributed by atoms with Gasteiger partial charge < -0.3 is 4.74 Å². The molecule has 0 heterocycles. The van der Waals surface area contributed by atoms with E-state index in [1.165, 1.54) is 0 Å². The van der Waals surface area contributed by atoms with Gasteiger partial charge in [-0.25, -0.2) is 11.4 Å². The van der Waals surface area contributed by atoms with Crippen molar-refractivity contribution in [1.29, 1.82) is 0 Å². The summed E-state index contributed by atoms with van der Waals surface area (Å²) in [6.45, 7) is 20.7. The van der Waals surface area contributed by atoms with Crippen LogP contribution in [0.25, 0.3) is 4.85 Å². The maximum absolute atomic E-state index is 12.8. The minimum atomic E-state index is -1.58. The Kier molecular flexibility index (Phi) is 8.10. The number of carbonyl (C=O) groups is 1. The molecule has 0 aliphatic rings. The van der Waals surface area contributed by atoms with Gasteiger partial charge in [-0.1, -0.05) is 69.6 Å². The van der Waals surface area contributed by atoms with Gasteiger partial charge in [0.2, 0.25) is 0 Å². The highest BCUT2D eigenvalue weighted by atomic mass is 28.3. The van der Waals surface area contributed by atoms with E-state index < -0.39 is 27.7 Å². The topological polar surface area (TPSA) is 30.7 Å². The van der Waals surface area contributed by atoms with Gasteiger partial charge in [0, 0.05) is 0 Å². The molecule has 1 rings (SSSR count). The van der Waals surface area contributed by atoms with E-state index in [9.17, 15) is 4.79 Å². The average Bonchev–Trinajstić information content (AvgIpc) is 2.57. The zero-order valence-corrected chi connectivity index (χ0v) is 19.3. The quantitative estimate of drug-likeness (QED) is 0.306. The van der Waals surface area contributed by atoms with Crippen LogP contribution in [0.4, 0.5) is 0 Å². The van der Waals surface area contributed by atoms with Gasteiger partial charge in [0.05, 0.1) is 12.8 Å². The number of hydrogen-bond donors (Lipinski definition) is 0. The molecule has 3 nitrogen and oxygen atoms in total. The van der Waals surface area contributed by atoms with Gasteiger partial charge in [-0.2, -0.15) is 0 Å². The molecule has 0 aromatic heterocycles. The maximum atomic E-state index is 12.8. The number of carbonyl (C=O) groups excluding carboxylic acids is 1. The Morgan fingerprint density at radius 2 is 1.48 bits per heavy atom. The van der Waals surface area contributed by atoms with Gasteiger partial charge in [-0.05, 0) is 5.56 Å². The van der Waals surface area contributed by atoms with Crippen LogP contribution in [-0.4, -0.2) is 27.7 Å². The summed E-state index contributed by atoms with van der Waals surface area (Å²) in [4.78, 5) is 16.5. The first kappa shape index (κ1) is 22.8. The van der Waals surface area contributed by atoms with E-state index in [1.54, 1.807) is 0 Å². The normalized spacial score (nSPS) is 11.3. The molecular weight excluding hydrogens is 366 g/mol. The van der Waals surface area contributed by atoms with Crippen molar-refractivity contribution in [2.24, 2.45) is 0 Å². The highest BCUT2D eigenvalue weighted by Gasteiger charge is 2.46. The number of ether oxygens (including phenoxy) is 1. The van der Waals surface area contributed by atoms with E-state index >= 15 is 0 Å². The molecule has 0 fully saturated rings. The second-order valence-electron chi connectivity index (χ2n) is 8.66. The van der Waals surface area contributed by atoms with Crippen LogP contribution in [0.5, 0.6) is 0 Å². The Hall–Kier alpha value is -2.27. The van der Waals surface area contributed by atoms with Gasteiger partial charge >= 0.3 is 11.5 Å². The molecule has 0 saturated carbocycles. The third-order valence-electron chi connectivity index (χ3n) is 3.50. The number of esters is 1. The fourth-order valence-electron chi connectivity index (χ4n) is 2.10. The van der Waals surface area contributed by atoms with Crippen LogP contribution in [0.2, 0.25) is 39.3 Å². The van der Waals surface area contributed by atoms with E-state index in [4.69, 9.17) is 11.3 Å². The molecule has 1 aromatic rings. The summed E-state index contributed by atoms with van der Waals surface area (Å²) >= 11 is 0. The molecule has 0 aliphatic carbocycles. The number of hydrogen-bond acceptors (Lipinski definition) is 2. The summed E-state index contributed by atoms with van der Waals surface area (Å²) in [7, 11) is -3.16. The Morgan fingerprint density at radius 3 is 1.89 bits per heavy atom. The molecule has 0 bridgehead atoms. The van der Waals surface area contributed by atoms with Gasteiger partial charge in [-0.15, -0.1) is 22.9 Å². The number of rotatable bonds is 5. The Bertz CT molecular complexity index is 770. The molecule has 0 spiro atoms. The first-order valence-corrected chi connectivity index (χ1v) is 16.1. The lowest BCUT2D eigenvalue weighted by Gasteiger charge is -2.17. The summed E-state index contributed by atoms with van der Waals surface area (Å²) in [5.41, 5.74) is 6.03. The van der Waals surface area contributed by atoms with Crippen LogP contribution in [0.3, 0.4) is 0 Å². The summed E-state index contributed by atoms with van der Waals surface area (Å²) in [5, 5.41) is 0. The molecule has 0 atom stereocenters. The zero-order chi connectivity index (χ0) is 20.6. The number of benzene rings is 1. The van der Waals surface area contributed by atoms with E-state index in [-0.39, 0.29) is 19.4 Å². The van der Waals surface area contributed by atoms with Crippen molar-refractivity contribution >= 4 is 22.1 Å². The SMILES string of the molecule is [C-]#[N+]C(CC#C[Si](C)(C)C)(CC#C[Si](C)(C)C)C(=O)OCc1ccccc1. The predicted octanol–water partition coefficient (Wildman–Crippen LogP) is 4.93. The second kappa shape index (κ2) is 9.61. The minimum Gasteiger partial charge on any atom is -0.455 e. The molecule has 27 heavy (non-hydrogen) atoms. The maximum Gasteiger partial charge on any atom is 0.395 e. The molecule has 0 unspecified atom stereocenters. The molecule has 0 N–H and O–H groups in total. The van der Waals surface area contributed by atoms with Crippen LogP contribution in [-0.2, 0) is 16.1 Å². The van der Waals surface area contributed by atoms with Gasteiger partial charge in [0.25, 0.3) is 0 Å². The molecule has 0 saturated heterocycles. The van der Waals surface area contributed by atoms with Crippen LogP contribution in [0.15, 0.2) is 30.3 Å². The molecule has 0 aliphatic heterocycles. The third kappa shape index (κ3) is 8.78. The average molecular weight is 396 g/mol. The summed E-state index contributed by atoms with van der Waals surface area (Å²) in [6, 6.07) is 9.48. The monoisotopic (exact) mass is 395 g/mol. The van der Waals surface area contributed by atoms with E-state index in [2.05, 4.69) is 67.1 Å². The fourth-order valence-corrected chi connectivity index (χ4v) is 3.34. The highest BCUT2D eigenvalue weighted by molar-refractivity contribution is 6.84. The van der Waals surface area contributed by atoms with E-state index in [0.29, 0.717) is 0 Å². The largest absolute Gasteiger partial charge is 0.455 e. The summed E-state index contributed by atoms with van der Waals surface area (Å²) in [6.07, 6.45) is 0.323. The standard InChI is InChI=1S/C22H29NO2Si2/c1-23-22(15-11-17-26(2,3)4,16-12-18-27(5,6)7)21(24)25-19-20-13-9-8-10-14-20/h8-10,13-14H,15-16,19H2,2-7H3. The first-order valence-electron chi connectivity index (χ1n) is 9.07. The van der Waals surface area contributed by atoms with Crippen LogP contribution >= 0.6 is 0 Å². The second-order valence-corrected chi connectivity index (χ2v) is 18.2. The molecule has 0 amide bonds. The van der Waals surface area contributed by atoms with E-state index in [0.717, 1.165) is 5.56 Å². The molecular formula is C22H29NO2Si2. The Morgan fingerprint density at radius 1 is 1.00 bits per heavy atom. The van der Waals surface area contributed by atoms with Crippen molar-refractivity contribution in [3.8, 4) is 22.9 Å². The van der Waals surface area contributed by atoms with Crippen molar-refractivity contribution in [3.63, 3.8) is 0 Å². The lowest BCUT2D eigenvalue weighted by atomic mass is 9.93. The lowest BCUT2D eigenvalue weighted by Crippen LogP contribution is -2.36. The van der Waals surface area contributed by atoms with Crippen molar-refractivity contribution in [1.82, 2.24) is 0 Å². The van der Waals surface area contributed by atoms with Crippen molar-refractivity contribution in [2.75, 3.05) is 0 Å². The molecule has 142 valence electrons. The molecule has 0 radical (unpaired) electrons. The van der Waals surface area contributed by atoms with Crippen LogP contribution in [0, 0.1) is 29.5 Å². The fraction of sp³-hybridized carbons (Fsp3) is 0.455. The Balaban J connectivity index is 3.05. The van der Waals surface area contributed by atoms with Crippen molar-refractivity contribution < 1.29 is 9.53 Å². The minimum absolute atomic E-state index is 0.153. The zero-order valence-electron chi connectivity index (χ0n) is 17.3. The highest BCUT2D eigenvalue weighted by Crippen LogP contribution is 2.24. The Labute approximate surface area is 166 Å². The first-order chi connectivity index (χ1) is 12.5. The van der Waals surface area contributed by atoms with Crippen LogP contribution in [0.1, 0.15) is 18.4 Å². The number of nitrogens with zero attached hydrogens (tertiary/aromatic N) is 1. The summed E-state index contributed by atoms with van der Waals surface area (Å²) in [5.74, 6) is 5.64. The van der Waals surface area contributed by atoms with Gasteiger partial charge in [0.15, 0.2) is 0 Å². The smallest absolute Gasteiger partial charge is 0.395 e. The van der Waals surface area contributed by atoms with Gasteiger partial charge in [-0.3, -0.25) is 4.85 Å². The third-order valence-corrected chi connectivity index (χ3v) is 5.35.